The third-order valence-electron chi connectivity index (χ3n) is 9.26. The van der Waals surface area contributed by atoms with Crippen LogP contribution < -0.4 is 10.6 Å². The Bertz CT molecular complexity index is 1760. The molecule has 2 aliphatic rings. The van der Waals surface area contributed by atoms with Crippen LogP contribution in [0.1, 0.15) is 65.9 Å². The number of nitrogens with one attached hydrogen (secondary N) is 2. The number of amides is 2. The summed E-state index contributed by atoms with van der Waals surface area (Å²) in [7, 11) is 3.98. The van der Waals surface area contributed by atoms with E-state index in [-0.39, 0.29) is 11.8 Å². The second-order valence-corrected chi connectivity index (χ2v) is 12.4. The summed E-state index contributed by atoms with van der Waals surface area (Å²) in [5.41, 5.74) is 4.99. The van der Waals surface area contributed by atoms with Gasteiger partial charge in [-0.25, -0.2) is 4.79 Å². The van der Waals surface area contributed by atoms with Gasteiger partial charge in [0.2, 0.25) is 0 Å². The average molecular weight is 606 g/mol. The van der Waals surface area contributed by atoms with Crippen molar-refractivity contribution in [3.05, 3.63) is 89.6 Å². The van der Waals surface area contributed by atoms with Gasteiger partial charge in [-0.2, -0.15) is 0 Å². The lowest BCUT2D eigenvalue weighted by atomic mass is 9.82. The second-order valence-electron chi connectivity index (χ2n) is 12.4. The Kier molecular flexibility index (Phi) is 8.54. The van der Waals surface area contributed by atoms with Crippen molar-refractivity contribution in [3.8, 4) is 11.4 Å². The van der Waals surface area contributed by atoms with E-state index in [1.165, 1.54) is 30.9 Å². The number of rotatable bonds is 8. The number of aryl methyl sites for hydroxylation is 1. The van der Waals surface area contributed by atoms with Gasteiger partial charge in [-0.05, 0) is 85.8 Å². The molecule has 2 aromatic heterocycles. The van der Waals surface area contributed by atoms with E-state index in [9.17, 15) is 14.4 Å². The van der Waals surface area contributed by atoms with Crippen LogP contribution in [0.3, 0.4) is 0 Å². The molecule has 0 spiro atoms. The summed E-state index contributed by atoms with van der Waals surface area (Å²) < 4.78 is 2.17. The molecule has 0 bridgehead atoms. The van der Waals surface area contributed by atoms with Crippen LogP contribution in [0.15, 0.2) is 72.9 Å². The zero-order valence-electron chi connectivity index (χ0n) is 25.8. The molecular formula is C36H39N5O4. The molecule has 1 saturated carbocycles. The Morgan fingerprint density at radius 2 is 1.78 bits per heavy atom. The highest BCUT2D eigenvalue weighted by Gasteiger charge is 2.45. The molecule has 9 nitrogen and oxygen atoms in total. The SMILES string of the molecule is CN1CC[C@@](NC(=O)c2ccc3c(C4CCCCC4)c(-c4ccccn4)n(C)c3c2)(C(=O)Nc2ccc(/C=C/C(=O)O)cc2)C1. The van der Waals surface area contributed by atoms with Gasteiger partial charge in [-0.15, -0.1) is 0 Å². The number of aliphatic carboxylic acids is 1. The molecule has 3 N–H and O–H groups in total. The number of carboxylic acids is 1. The molecule has 1 atom stereocenters. The second kappa shape index (κ2) is 12.7. The molecule has 2 amide bonds. The maximum Gasteiger partial charge on any atom is 0.328 e. The third kappa shape index (κ3) is 6.26. The number of fused-ring (bicyclic) bond motifs is 1. The van der Waals surface area contributed by atoms with Crippen molar-refractivity contribution in [1.29, 1.82) is 0 Å². The Hall–Kier alpha value is -4.76. The quantitative estimate of drug-likeness (QED) is 0.218. The van der Waals surface area contributed by atoms with Gasteiger partial charge in [0, 0.05) is 54.6 Å². The first-order chi connectivity index (χ1) is 21.7. The summed E-state index contributed by atoms with van der Waals surface area (Å²) in [4.78, 5) is 45.2. The number of carbonyl (C=O) groups is 3. The lowest BCUT2D eigenvalue weighted by Gasteiger charge is -2.29. The molecule has 0 unspecified atom stereocenters. The summed E-state index contributed by atoms with van der Waals surface area (Å²) in [6, 6.07) is 18.8. The maximum atomic E-state index is 13.9. The Morgan fingerprint density at radius 3 is 2.44 bits per heavy atom. The van der Waals surface area contributed by atoms with Crippen molar-refractivity contribution < 1.29 is 19.5 Å². The van der Waals surface area contributed by atoms with Gasteiger partial charge < -0.3 is 25.2 Å². The number of hydrogen-bond acceptors (Lipinski definition) is 5. The predicted octanol–water partition coefficient (Wildman–Crippen LogP) is 5.83. The third-order valence-corrected chi connectivity index (χ3v) is 9.26. The van der Waals surface area contributed by atoms with Crippen LogP contribution in [0.2, 0.25) is 0 Å². The van der Waals surface area contributed by atoms with Gasteiger partial charge >= 0.3 is 5.97 Å². The fourth-order valence-corrected chi connectivity index (χ4v) is 6.95. The zero-order valence-corrected chi connectivity index (χ0v) is 25.8. The van der Waals surface area contributed by atoms with Crippen LogP contribution >= 0.6 is 0 Å². The predicted molar refractivity (Wildman–Crippen MR) is 176 cm³/mol. The first-order valence-corrected chi connectivity index (χ1v) is 15.6. The molecule has 2 fully saturated rings. The number of anilines is 1. The van der Waals surface area contributed by atoms with Crippen LogP contribution in [0.4, 0.5) is 5.69 Å². The highest BCUT2D eigenvalue weighted by atomic mass is 16.4. The van der Waals surface area contributed by atoms with Gasteiger partial charge in [0.05, 0.1) is 11.4 Å². The largest absolute Gasteiger partial charge is 0.478 e. The van der Waals surface area contributed by atoms with Crippen molar-refractivity contribution in [2.75, 3.05) is 25.5 Å². The van der Waals surface area contributed by atoms with Crippen LogP contribution in [0, 0.1) is 0 Å². The molecule has 232 valence electrons. The number of carbonyl (C=O) groups excluding carboxylic acids is 2. The molecule has 9 heteroatoms. The molecule has 1 aliphatic carbocycles. The number of hydrogen-bond donors (Lipinski definition) is 3. The summed E-state index contributed by atoms with van der Waals surface area (Å²) >= 11 is 0. The minimum Gasteiger partial charge on any atom is -0.478 e. The van der Waals surface area contributed by atoms with Gasteiger partial charge in [-0.3, -0.25) is 14.6 Å². The van der Waals surface area contributed by atoms with Crippen molar-refractivity contribution in [2.24, 2.45) is 7.05 Å². The van der Waals surface area contributed by atoms with Gasteiger partial charge in [0.25, 0.3) is 11.8 Å². The van der Waals surface area contributed by atoms with Crippen molar-refractivity contribution >= 4 is 40.4 Å². The van der Waals surface area contributed by atoms with Gasteiger partial charge in [0.1, 0.15) is 5.54 Å². The molecule has 1 aliphatic heterocycles. The summed E-state index contributed by atoms with van der Waals surface area (Å²) in [6.07, 6.45) is 10.8. The smallest absolute Gasteiger partial charge is 0.328 e. The lowest BCUT2D eigenvalue weighted by molar-refractivity contribution is -0.131. The normalized spacial score (nSPS) is 19.2. The van der Waals surface area contributed by atoms with Crippen LogP contribution in [-0.2, 0) is 16.6 Å². The van der Waals surface area contributed by atoms with Crippen LogP contribution in [0.5, 0.6) is 0 Å². The molecular weight excluding hydrogens is 566 g/mol. The number of carboxylic acid groups (broad SMARTS) is 1. The summed E-state index contributed by atoms with van der Waals surface area (Å²) in [5, 5.41) is 16.1. The number of benzene rings is 2. The number of nitrogens with zero attached hydrogens (tertiary/aromatic N) is 3. The number of pyridine rings is 1. The molecule has 45 heavy (non-hydrogen) atoms. The van der Waals surface area contributed by atoms with E-state index in [1.54, 1.807) is 24.3 Å². The van der Waals surface area contributed by atoms with Crippen molar-refractivity contribution in [3.63, 3.8) is 0 Å². The molecule has 4 aromatic rings. The van der Waals surface area contributed by atoms with Crippen LogP contribution in [-0.4, -0.2) is 63.0 Å². The van der Waals surface area contributed by atoms with Gasteiger partial charge in [0.15, 0.2) is 0 Å². The monoisotopic (exact) mass is 605 g/mol. The Morgan fingerprint density at radius 1 is 1.00 bits per heavy atom. The topological polar surface area (TPSA) is 117 Å². The van der Waals surface area contributed by atoms with E-state index in [2.05, 4.69) is 21.3 Å². The molecule has 2 aromatic carbocycles. The van der Waals surface area contributed by atoms with Crippen LogP contribution in [0.25, 0.3) is 28.4 Å². The molecule has 6 rings (SSSR count). The first kappa shape index (κ1) is 30.3. The highest BCUT2D eigenvalue weighted by Crippen LogP contribution is 2.43. The van der Waals surface area contributed by atoms with E-state index >= 15 is 0 Å². The Labute approximate surface area is 263 Å². The van der Waals surface area contributed by atoms with E-state index in [4.69, 9.17) is 10.1 Å². The number of aromatic nitrogens is 2. The van der Waals surface area contributed by atoms with Crippen molar-refractivity contribution in [2.45, 2.75) is 50.0 Å². The number of likely N-dealkylation sites (N-methyl/N-ethyl adjacent to an activating group) is 1. The summed E-state index contributed by atoms with van der Waals surface area (Å²) in [6.45, 7) is 1.05. The molecule has 3 heterocycles. The van der Waals surface area contributed by atoms with E-state index in [1.807, 2.05) is 55.5 Å². The van der Waals surface area contributed by atoms with E-state index < -0.39 is 11.5 Å². The average Bonchev–Trinajstić information content (AvgIpc) is 3.58. The zero-order chi connectivity index (χ0) is 31.6. The van der Waals surface area contributed by atoms with Gasteiger partial charge in [-0.1, -0.05) is 43.5 Å². The first-order valence-electron chi connectivity index (χ1n) is 15.6. The fourth-order valence-electron chi connectivity index (χ4n) is 6.95. The minimum absolute atomic E-state index is 0.286. The highest BCUT2D eigenvalue weighted by molar-refractivity contribution is 6.06. The summed E-state index contributed by atoms with van der Waals surface area (Å²) in [5.74, 6) is -1.16. The maximum absolute atomic E-state index is 13.9. The van der Waals surface area contributed by atoms with E-state index in [0.29, 0.717) is 42.2 Å². The fraction of sp³-hybridized carbons (Fsp3) is 0.333. The van der Waals surface area contributed by atoms with Crippen molar-refractivity contribution in [1.82, 2.24) is 19.8 Å². The molecule has 1 saturated heterocycles. The standard InChI is InChI=1S/C36H39N5O4/c1-40-21-19-36(23-40,35(45)38-27-15-11-24(12-16-27)13-18-31(42)43)39-34(44)26-14-17-28-30(22-26)41(2)33(29-10-6-7-20-37-29)32(28)25-8-4-3-5-9-25/h6-7,10-18,20,22,25H,3-5,8-9,19,21,23H2,1-2H3,(H,38,45)(H,39,44)(H,42,43)/b18-13+/t36-/m0/s1. The number of likely N-dealkylation sites (tertiary alicyclic amines) is 1. The minimum atomic E-state index is -1.11. The lowest BCUT2D eigenvalue weighted by Crippen LogP contribution is -2.58. The molecule has 0 radical (unpaired) electrons. The Balaban J connectivity index is 1.29. The van der Waals surface area contributed by atoms with E-state index in [0.717, 1.165) is 41.2 Å².